The van der Waals surface area contributed by atoms with Crippen LogP contribution >= 0.6 is 0 Å². The lowest BCUT2D eigenvalue weighted by Crippen LogP contribution is -2.53. The molecule has 0 radical (unpaired) electrons. The SMILES string of the molecule is CO[C@@H]1CN(C(=O)c2cc(-c3c(C)nn(C)c3C)nn2C)CC[C@@H]1N. The summed E-state index contributed by atoms with van der Waals surface area (Å²) in [6.07, 6.45) is 0.601. The first kappa shape index (κ1) is 17.6. The molecular weight excluding hydrogens is 320 g/mol. The quantitative estimate of drug-likeness (QED) is 0.880. The number of likely N-dealkylation sites (tertiary alicyclic amines) is 1. The number of nitrogens with zero attached hydrogens (tertiary/aromatic N) is 5. The van der Waals surface area contributed by atoms with Crippen LogP contribution in [-0.2, 0) is 18.8 Å². The van der Waals surface area contributed by atoms with Crippen LogP contribution in [0.3, 0.4) is 0 Å². The molecule has 3 rings (SSSR count). The molecular formula is C17H26N6O2. The first-order valence-corrected chi connectivity index (χ1v) is 8.45. The summed E-state index contributed by atoms with van der Waals surface area (Å²) in [5.41, 5.74) is 10.3. The molecule has 1 aliphatic rings. The van der Waals surface area contributed by atoms with E-state index in [1.807, 2.05) is 31.6 Å². The van der Waals surface area contributed by atoms with Crippen molar-refractivity contribution in [1.29, 1.82) is 0 Å². The van der Waals surface area contributed by atoms with Crippen LogP contribution in [0, 0.1) is 13.8 Å². The minimum Gasteiger partial charge on any atom is -0.378 e. The number of aromatic nitrogens is 4. The lowest BCUT2D eigenvalue weighted by molar-refractivity contribution is 0.0157. The van der Waals surface area contributed by atoms with E-state index in [2.05, 4.69) is 10.2 Å². The van der Waals surface area contributed by atoms with Crippen LogP contribution in [0.1, 0.15) is 28.3 Å². The van der Waals surface area contributed by atoms with E-state index in [0.717, 1.165) is 29.1 Å². The van der Waals surface area contributed by atoms with Crippen LogP contribution in [0.2, 0.25) is 0 Å². The van der Waals surface area contributed by atoms with E-state index in [1.165, 1.54) is 0 Å². The van der Waals surface area contributed by atoms with Crippen LogP contribution in [0.5, 0.6) is 0 Å². The van der Waals surface area contributed by atoms with Crippen LogP contribution in [0.25, 0.3) is 11.3 Å². The molecule has 1 fully saturated rings. The zero-order chi connectivity index (χ0) is 18.3. The number of nitrogens with two attached hydrogens (primary N) is 1. The maximum absolute atomic E-state index is 13.0. The minimum absolute atomic E-state index is 0.0307. The fraction of sp³-hybridized carbons (Fsp3) is 0.588. The standard InChI is InChI=1S/C17H26N6O2/c1-10-16(11(2)21(3)19-10)13-8-14(22(4)20-13)17(24)23-7-6-12(18)15(9-23)25-5/h8,12,15H,6-7,9,18H2,1-5H3/t12-,15+/m0/s1. The van der Waals surface area contributed by atoms with Gasteiger partial charge in [0.05, 0.1) is 17.5 Å². The lowest BCUT2D eigenvalue weighted by atomic mass is 10.0. The highest BCUT2D eigenvalue weighted by atomic mass is 16.5. The predicted octanol–water partition coefficient (Wildman–Crippen LogP) is 0.626. The number of piperidine rings is 1. The normalized spacial score (nSPS) is 21.0. The Hall–Kier alpha value is -2.19. The molecule has 0 spiro atoms. The second-order valence-electron chi connectivity index (χ2n) is 6.69. The first-order valence-electron chi connectivity index (χ1n) is 8.45. The van der Waals surface area contributed by atoms with Gasteiger partial charge in [-0.1, -0.05) is 0 Å². The molecule has 2 atom stereocenters. The molecule has 136 valence electrons. The van der Waals surface area contributed by atoms with Crippen molar-refractivity contribution in [1.82, 2.24) is 24.5 Å². The van der Waals surface area contributed by atoms with Gasteiger partial charge in [-0.05, 0) is 26.3 Å². The van der Waals surface area contributed by atoms with Crippen molar-refractivity contribution in [3.63, 3.8) is 0 Å². The number of carbonyl (C=O) groups excluding carboxylic acids is 1. The van der Waals surface area contributed by atoms with Crippen LogP contribution < -0.4 is 5.73 Å². The molecule has 0 bridgehead atoms. The van der Waals surface area contributed by atoms with E-state index < -0.39 is 0 Å². The Labute approximate surface area is 147 Å². The maximum Gasteiger partial charge on any atom is 0.272 e. The van der Waals surface area contributed by atoms with Gasteiger partial charge in [-0.25, -0.2) is 0 Å². The average Bonchev–Trinajstić information content (AvgIpc) is 3.06. The summed E-state index contributed by atoms with van der Waals surface area (Å²) >= 11 is 0. The number of carbonyl (C=O) groups is 1. The Balaban J connectivity index is 1.89. The molecule has 0 saturated carbocycles. The molecule has 1 aliphatic heterocycles. The number of ether oxygens (including phenoxy) is 1. The van der Waals surface area contributed by atoms with Gasteiger partial charge in [0.2, 0.25) is 0 Å². The molecule has 3 heterocycles. The summed E-state index contributed by atoms with van der Waals surface area (Å²) in [7, 11) is 5.33. The smallest absolute Gasteiger partial charge is 0.272 e. The summed E-state index contributed by atoms with van der Waals surface area (Å²) in [6, 6.07) is 1.81. The van der Waals surface area contributed by atoms with E-state index in [9.17, 15) is 4.79 Å². The summed E-state index contributed by atoms with van der Waals surface area (Å²) in [5.74, 6) is -0.0469. The fourth-order valence-electron chi connectivity index (χ4n) is 3.46. The van der Waals surface area contributed by atoms with Gasteiger partial charge in [0, 0.05) is 51.6 Å². The van der Waals surface area contributed by atoms with Gasteiger partial charge in [-0.3, -0.25) is 14.2 Å². The highest BCUT2D eigenvalue weighted by molar-refractivity contribution is 5.94. The second-order valence-corrected chi connectivity index (χ2v) is 6.69. The van der Waals surface area contributed by atoms with Crippen molar-refractivity contribution in [2.24, 2.45) is 19.8 Å². The van der Waals surface area contributed by atoms with Crippen molar-refractivity contribution in [3.05, 3.63) is 23.1 Å². The molecule has 1 saturated heterocycles. The largest absolute Gasteiger partial charge is 0.378 e. The van der Waals surface area contributed by atoms with Crippen molar-refractivity contribution >= 4 is 5.91 Å². The van der Waals surface area contributed by atoms with E-state index in [-0.39, 0.29) is 18.1 Å². The van der Waals surface area contributed by atoms with E-state index in [1.54, 1.807) is 23.7 Å². The second kappa shape index (κ2) is 6.61. The van der Waals surface area contributed by atoms with E-state index in [4.69, 9.17) is 10.5 Å². The van der Waals surface area contributed by atoms with Crippen LogP contribution in [-0.4, -0.2) is 62.7 Å². The average molecular weight is 346 g/mol. The Morgan fingerprint density at radius 3 is 2.60 bits per heavy atom. The van der Waals surface area contributed by atoms with Crippen molar-refractivity contribution in [2.75, 3.05) is 20.2 Å². The van der Waals surface area contributed by atoms with Gasteiger partial charge in [0.15, 0.2) is 0 Å². The molecule has 0 aromatic carbocycles. The number of methoxy groups -OCH3 is 1. The van der Waals surface area contributed by atoms with Gasteiger partial charge >= 0.3 is 0 Å². The maximum atomic E-state index is 13.0. The molecule has 2 aromatic heterocycles. The highest BCUT2D eigenvalue weighted by Crippen LogP contribution is 2.26. The highest BCUT2D eigenvalue weighted by Gasteiger charge is 2.31. The summed E-state index contributed by atoms with van der Waals surface area (Å²) < 4.78 is 8.87. The summed E-state index contributed by atoms with van der Waals surface area (Å²) in [6.45, 7) is 5.09. The molecule has 8 nitrogen and oxygen atoms in total. The molecule has 1 amide bonds. The fourth-order valence-corrected chi connectivity index (χ4v) is 3.46. The summed E-state index contributed by atoms with van der Waals surface area (Å²) in [5, 5.41) is 8.98. The van der Waals surface area contributed by atoms with Crippen LogP contribution in [0.15, 0.2) is 6.07 Å². The van der Waals surface area contributed by atoms with Crippen molar-refractivity contribution in [2.45, 2.75) is 32.4 Å². The molecule has 8 heteroatoms. The topological polar surface area (TPSA) is 91.2 Å². The van der Waals surface area contributed by atoms with Gasteiger partial charge in [0.25, 0.3) is 5.91 Å². The van der Waals surface area contributed by atoms with Gasteiger partial charge in [-0.2, -0.15) is 10.2 Å². The third-order valence-electron chi connectivity index (χ3n) is 5.06. The molecule has 25 heavy (non-hydrogen) atoms. The number of amides is 1. The lowest BCUT2D eigenvalue weighted by Gasteiger charge is -2.35. The third-order valence-corrected chi connectivity index (χ3v) is 5.06. The Kier molecular flexibility index (Phi) is 4.66. The predicted molar refractivity (Wildman–Crippen MR) is 94.2 cm³/mol. The minimum atomic E-state index is -0.131. The Morgan fingerprint density at radius 2 is 2.00 bits per heavy atom. The summed E-state index contributed by atoms with van der Waals surface area (Å²) in [4.78, 5) is 14.7. The third kappa shape index (κ3) is 3.07. The zero-order valence-electron chi connectivity index (χ0n) is 15.5. The van der Waals surface area contributed by atoms with Gasteiger partial charge in [-0.15, -0.1) is 0 Å². The Morgan fingerprint density at radius 1 is 1.28 bits per heavy atom. The van der Waals surface area contributed by atoms with E-state index in [0.29, 0.717) is 18.8 Å². The molecule has 0 unspecified atom stereocenters. The molecule has 2 aromatic rings. The number of aryl methyl sites for hydroxylation is 3. The van der Waals surface area contributed by atoms with E-state index >= 15 is 0 Å². The van der Waals surface area contributed by atoms with Crippen molar-refractivity contribution in [3.8, 4) is 11.3 Å². The number of hydrogen-bond acceptors (Lipinski definition) is 5. The monoisotopic (exact) mass is 346 g/mol. The molecule has 2 N–H and O–H groups in total. The number of rotatable bonds is 3. The van der Waals surface area contributed by atoms with Crippen molar-refractivity contribution < 1.29 is 9.53 Å². The molecule has 0 aliphatic carbocycles. The first-order chi connectivity index (χ1) is 11.8. The number of hydrogen-bond donors (Lipinski definition) is 1. The van der Waals surface area contributed by atoms with Gasteiger partial charge < -0.3 is 15.4 Å². The Bertz CT molecular complexity index is 793. The zero-order valence-corrected chi connectivity index (χ0v) is 15.5. The van der Waals surface area contributed by atoms with Gasteiger partial charge in [0.1, 0.15) is 5.69 Å². The van der Waals surface area contributed by atoms with Crippen LogP contribution in [0.4, 0.5) is 0 Å².